The second kappa shape index (κ2) is 5.32. The van der Waals surface area contributed by atoms with E-state index in [-0.39, 0.29) is 0 Å². The summed E-state index contributed by atoms with van der Waals surface area (Å²) < 4.78 is 0. The lowest BCUT2D eigenvalue weighted by atomic mass is 10.1. The molecule has 0 saturated carbocycles. The Bertz CT molecular complexity index is 984. The van der Waals surface area contributed by atoms with Gasteiger partial charge in [-0.15, -0.1) is 0 Å². The van der Waals surface area contributed by atoms with Gasteiger partial charge in [0.2, 0.25) is 0 Å². The fourth-order valence-corrected chi connectivity index (χ4v) is 2.78. The number of benzene rings is 2. The molecule has 0 aliphatic carbocycles. The van der Waals surface area contributed by atoms with E-state index >= 15 is 0 Å². The van der Waals surface area contributed by atoms with Gasteiger partial charge in [-0.05, 0) is 35.4 Å². The molecule has 106 valence electrons. The summed E-state index contributed by atoms with van der Waals surface area (Å²) in [7, 11) is 0. The summed E-state index contributed by atoms with van der Waals surface area (Å²) in [5.74, 6) is 0. The molecular weight excluding hydrogens is 292 g/mol. The Morgan fingerprint density at radius 2 is 1.64 bits per heavy atom. The largest absolute Gasteiger partial charge is 0.339 e. The van der Waals surface area contributed by atoms with Crippen molar-refractivity contribution < 1.29 is 0 Å². The number of hydrogen-bond donors (Lipinski definition) is 1. The molecule has 0 saturated heterocycles. The quantitative estimate of drug-likeness (QED) is 0.382. The first kappa shape index (κ1) is 13.1. The molecule has 0 atom stereocenters. The van der Waals surface area contributed by atoms with Crippen molar-refractivity contribution >= 4 is 45.7 Å². The fourth-order valence-electron chi connectivity index (χ4n) is 2.63. The summed E-state index contributed by atoms with van der Waals surface area (Å²) in [6, 6.07) is 20.5. The Kier molecular flexibility index (Phi) is 3.17. The molecule has 0 bridgehead atoms. The third-order valence-corrected chi connectivity index (χ3v) is 3.93. The Hall–Kier alpha value is -2.58. The van der Waals surface area contributed by atoms with Crippen molar-refractivity contribution in [2.75, 3.05) is 0 Å². The van der Waals surface area contributed by atoms with Crippen molar-refractivity contribution in [3.8, 4) is 0 Å². The molecule has 0 spiro atoms. The maximum absolute atomic E-state index is 5.95. The molecule has 2 aromatic heterocycles. The van der Waals surface area contributed by atoms with Crippen LogP contribution in [0.1, 0.15) is 11.1 Å². The third kappa shape index (κ3) is 2.38. The number of aromatic amines is 1. The molecule has 4 rings (SSSR count). The minimum Gasteiger partial charge on any atom is -0.339 e. The number of pyridine rings is 1. The van der Waals surface area contributed by atoms with Crippen LogP contribution in [-0.2, 0) is 0 Å². The summed E-state index contributed by atoms with van der Waals surface area (Å²) in [6.07, 6.45) is 4.24. The number of nitrogens with one attached hydrogen (secondary N) is 1. The van der Waals surface area contributed by atoms with Crippen LogP contribution in [0, 0.1) is 0 Å². The zero-order valence-electron chi connectivity index (χ0n) is 11.8. The van der Waals surface area contributed by atoms with E-state index in [1.165, 1.54) is 5.56 Å². The lowest BCUT2D eigenvalue weighted by molar-refractivity contribution is 1.35. The van der Waals surface area contributed by atoms with Crippen LogP contribution in [0.2, 0.25) is 5.15 Å². The molecule has 2 aromatic carbocycles. The molecule has 0 amide bonds. The van der Waals surface area contributed by atoms with E-state index in [4.69, 9.17) is 11.6 Å². The second-order valence-electron chi connectivity index (χ2n) is 5.20. The molecule has 0 aliphatic rings. The van der Waals surface area contributed by atoms with E-state index in [0.717, 1.165) is 27.5 Å². The molecule has 0 fully saturated rings. The standard InChI is InChI=1S/C19H13ClN2/c20-18-11-9-15-16-12-14(7-6-13-4-2-1-3-5-13)8-10-17(16)21-19(15)22-18/h1-12H,(H,21,22)/b7-6+. The van der Waals surface area contributed by atoms with Crippen LogP contribution in [0.25, 0.3) is 34.1 Å². The normalized spacial score (nSPS) is 11.7. The molecule has 3 heteroatoms. The van der Waals surface area contributed by atoms with Gasteiger partial charge in [0, 0.05) is 16.3 Å². The Labute approximate surface area is 133 Å². The number of nitrogens with zero attached hydrogens (tertiary/aromatic N) is 1. The van der Waals surface area contributed by atoms with E-state index in [1.807, 2.05) is 30.3 Å². The molecule has 1 N–H and O–H groups in total. The first-order valence-corrected chi connectivity index (χ1v) is 7.48. The van der Waals surface area contributed by atoms with Gasteiger partial charge >= 0.3 is 0 Å². The van der Waals surface area contributed by atoms with Crippen LogP contribution in [0.4, 0.5) is 0 Å². The zero-order chi connectivity index (χ0) is 14.9. The highest BCUT2D eigenvalue weighted by Gasteiger charge is 2.05. The number of rotatable bonds is 2. The van der Waals surface area contributed by atoms with Crippen molar-refractivity contribution in [2.24, 2.45) is 0 Å². The summed E-state index contributed by atoms with van der Waals surface area (Å²) in [5.41, 5.74) is 4.25. The van der Waals surface area contributed by atoms with Crippen molar-refractivity contribution in [3.63, 3.8) is 0 Å². The van der Waals surface area contributed by atoms with E-state index < -0.39 is 0 Å². The highest BCUT2D eigenvalue weighted by Crippen LogP contribution is 2.26. The first-order valence-electron chi connectivity index (χ1n) is 7.11. The van der Waals surface area contributed by atoms with Crippen LogP contribution in [0.3, 0.4) is 0 Å². The number of H-pyrrole nitrogens is 1. The lowest BCUT2D eigenvalue weighted by Crippen LogP contribution is -1.75. The number of aromatic nitrogens is 2. The summed E-state index contributed by atoms with van der Waals surface area (Å²) in [4.78, 5) is 7.63. The van der Waals surface area contributed by atoms with Gasteiger partial charge in [0.1, 0.15) is 10.8 Å². The van der Waals surface area contributed by atoms with Crippen molar-refractivity contribution in [1.82, 2.24) is 9.97 Å². The third-order valence-electron chi connectivity index (χ3n) is 3.72. The molecular formula is C19H13ClN2. The van der Waals surface area contributed by atoms with Gasteiger partial charge in [0.05, 0.1) is 0 Å². The second-order valence-corrected chi connectivity index (χ2v) is 5.59. The summed E-state index contributed by atoms with van der Waals surface area (Å²) in [5, 5.41) is 2.76. The Morgan fingerprint density at radius 1 is 0.818 bits per heavy atom. The topological polar surface area (TPSA) is 28.7 Å². The maximum atomic E-state index is 5.95. The predicted octanol–water partition coefficient (Wildman–Crippen LogP) is 5.54. The van der Waals surface area contributed by atoms with Crippen molar-refractivity contribution in [2.45, 2.75) is 0 Å². The monoisotopic (exact) mass is 304 g/mol. The molecule has 2 heterocycles. The van der Waals surface area contributed by atoms with Crippen molar-refractivity contribution in [1.29, 1.82) is 0 Å². The molecule has 0 aliphatic heterocycles. The van der Waals surface area contributed by atoms with Crippen LogP contribution >= 0.6 is 11.6 Å². The molecule has 22 heavy (non-hydrogen) atoms. The van der Waals surface area contributed by atoms with Crippen molar-refractivity contribution in [3.05, 3.63) is 76.9 Å². The summed E-state index contributed by atoms with van der Waals surface area (Å²) >= 11 is 5.95. The van der Waals surface area contributed by atoms with Gasteiger partial charge in [0.15, 0.2) is 0 Å². The molecule has 0 radical (unpaired) electrons. The molecule has 0 unspecified atom stereocenters. The molecule has 4 aromatic rings. The predicted molar refractivity (Wildman–Crippen MR) is 94.0 cm³/mol. The van der Waals surface area contributed by atoms with Gasteiger partial charge < -0.3 is 4.98 Å². The zero-order valence-corrected chi connectivity index (χ0v) is 12.5. The maximum Gasteiger partial charge on any atom is 0.140 e. The van der Waals surface area contributed by atoms with E-state index in [2.05, 4.69) is 52.5 Å². The minimum absolute atomic E-state index is 0.503. The van der Waals surface area contributed by atoms with Crippen LogP contribution in [0.5, 0.6) is 0 Å². The highest BCUT2D eigenvalue weighted by atomic mass is 35.5. The first-order chi connectivity index (χ1) is 10.8. The van der Waals surface area contributed by atoms with E-state index in [0.29, 0.717) is 5.15 Å². The van der Waals surface area contributed by atoms with Gasteiger partial charge in [-0.1, -0.05) is 60.2 Å². The fraction of sp³-hybridized carbons (Fsp3) is 0. The number of hydrogen-bond acceptors (Lipinski definition) is 1. The van der Waals surface area contributed by atoms with Crippen LogP contribution in [-0.4, -0.2) is 9.97 Å². The number of fused-ring (bicyclic) bond motifs is 3. The van der Waals surface area contributed by atoms with Crippen LogP contribution < -0.4 is 0 Å². The van der Waals surface area contributed by atoms with Gasteiger partial charge in [-0.2, -0.15) is 0 Å². The Morgan fingerprint density at radius 3 is 2.50 bits per heavy atom. The van der Waals surface area contributed by atoms with Gasteiger partial charge in [0.25, 0.3) is 0 Å². The number of halogens is 1. The highest BCUT2D eigenvalue weighted by molar-refractivity contribution is 6.30. The molecule has 2 nitrogen and oxygen atoms in total. The van der Waals surface area contributed by atoms with E-state index in [1.54, 1.807) is 0 Å². The lowest BCUT2D eigenvalue weighted by Gasteiger charge is -1.96. The van der Waals surface area contributed by atoms with Crippen LogP contribution in [0.15, 0.2) is 60.7 Å². The smallest absolute Gasteiger partial charge is 0.140 e. The van der Waals surface area contributed by atoms with E-state index in [9.17, 15) is 0 Å². The average Bonchev–Trinajstić information content (AvgIpc) is 2.90. The Balaban J connectivity index is 1.80. The minimum atomic E-state index is 0.503. The van der Waals surface area contributed by atoms with Gasteiger partial charge in [-0.3, -0.25) is 0 Å². The van der Waals surface area contributed by atoms with Gasteiger partial charge in [-0.25, -0.2) is 4.98 Å². The SMILES string of the molecule is Clc1ccc2c(n1)[nH]c1ccc(/C=C/c3ccccc3)cc12. The summed E-state index contributed by atoms with van der Waals surface area (Å²) in [6.45, 7) is 0. The average molecular weight is 305 g/mol.